The fraction of sp³-hybridized carbons (Fsp3) is 0.895. The highest BCUT2D eigenvalue weighted by Crippen LogP contribution is 2.34. The lowest BCUT2D eigenvalue weighted by molar-refractivity contribution is -0.304. The van der Waals surface area contributed by atoms with Gasteiger partial charge in [-0.2, -0.15) is 0 Å². The SMILES string of the molecule is CC1(C)OCC(C)(C)[C@H](C(=O)NCC[C@H](O)C(=O)NC2CCCCC2)O1. The number of hydrogen-bond acceptors (Lipinski definition) is 5. The average Bonchev–Trinajstić information content (AvgIpc) is 2.58. The molecule has 2 atom stereocenters. The first-order valence-electron chi connectivity index (χ1n) is 9.69. The summed E-state index contributed by atoms with van der Waals surface area (Å²) in [6.07, 6.45) is 3.82. The van der Waals surface area contributed by atoms with Gasteiger partial charge in [-0.05, 0) is 33.1 Å². The van der Waals surface area contributed by atoms with Crippen molar-refractivity contribution in [3.05, 3.63) is 0 Å². The van der Waals surface area contributed by atoms with E-state index in [-0.39, 0.29) is 30.8 Å². The van der Waals surface area contributed by atoms with Gasteiger partial charge in [0.25, 0.3) is 0 Å². The maximum atomic E-state index is 12.5. The average molecular weight is 370 g/mol. The summed E-state index contributed by atoms with van der Waals surface area (Å²) in [7, 11) is 0. The molecule has 0 bridgehead atoms. The van der Waals surface area contributed by atoms with Crippen LogP contribution in [0, 0.1) is 5.41 Å². The molecule has 0 aromatic heterocycles. The van der Waals surface area contributed by atoms with Crippen LogP contribution < -0.4 is 10.6 Å². The molecule has 2 amide bonds. The Morgan fingerprint density at radius 3 is 2.46 bits per heavy atom. The molecule has 1 saturated carbocycles. The van der Waals surface area contributed by atoms with E-state index in [2.05, 4.69) is 10.6 Å². The maximum Gasteiger partial charge on any atom is 0.249 e. The van der Waals surface area contributed by atoms with Crippen LogP contribution in [0.15, 0.2) is 0 Å². The number of ether oxygens (including phenoxy) is 2. The van der Waals surface area contributed by atoms with E-state index in [9.17, 15) is 14.7 Å². The van der Waals surface area contributed by atoms with E-state index in [0.29, 0.717) is 6.61 Å². The lowest BCUT2D eigenvalue weighted by atomic mass is 9.85. The summed E-state index contributed by atoms with van der Waals surface area (Å²) in [5, 5.41) is 15.7. The topological polar surface area (TPSA) is 96.9 Å². The van der Waals surface area contributed by atoms with E-state index in [4.69, 9.17) is 9.47 Å². The van der Waals surface area contributed by atoms with Crippen LogP contribution in [0.25, 0.3) is 0 Å². The Hall–Kier alpha value is -1.18. The van der Waals surface area contributed by atoms with E-state index in [0.717, 1.165) is 25.7 Å². The van der Waals surface area contributed by atoms with E-state index in [1.165, 1.54) is 6.42 Å². The Balaban J connectivity index is 1.75. The summed E-state index contributed by atoms with van der Waals surface area (Å²) in [5.41, 5.74) is -0.448. The molecule has 1 aliphatic heterocycles. The number of nitrogens with one attached hydrogen (secondary N) is 2. The van der Waals surface area contributed by atoms with Gasteiger partial charge in [0.05, 0.1) is 6.61 Å². The molecule has 0 aromatic carbocycles. The smallest absolute Gasteiger partial charge is 0.249 e. The molecule has 7 heteroatoms. The second kappa shape index (κ2) is 8.67. The van der Waals surface area contributed by atoms with Crippen LogP contribution in [-0.2, 0) is 19.1 Å². The standard InChI is InChI=1S/C19H34N2O5/c1-18(2)12-25-19(3,4)26-15(18)17(24)20-11-10-14(22)16(23)21-13-8-6-5-7-9-13/h13-15,22H,5-12H2,1-4H3,(H,20,24)(H,21,23)/t14-,15-/m0/s1. The fourth-order valence-electron chi connectivity index (χ4n) is 3.42. The van der Waals surface area contributed by atoms with Crippen molar-refractivity contribution in [1.29, 1.82) is 0 Å². The van der Waals surface area contributed by atoms with Gasteiger partial charge >= 0.3 is 0 Å². The fourth-order valence-corrected chi connectivity index (χ4v) is 3.42. The van der Waals surface area contributed by atoms with Gasteiger partial charge in [-0.3, -0.25) is 9.59 Å². The monoisotopic (exact) mass is 370 g/mol. The number of rotatable bonds is 6. The Morgan fingerprint density at radius 2 is 1.81 bits per heavy atom. The molecule has 26 heavy (non-hydrogen) atoms. The summed E-state index contributed by atoms with van der Waals surface area (Å²) in [4.78, 5) is 24.6. The molecule has 7 nitrogen and oxygen atoms in total. The summed E-state index contributed by atoms with van der Waals surface area (Å²) >= 11 is 0. The van der Waals surface area contributed by atoms with Gasteiger partial charge in [0.2, 0.25) is 11.8 Å². The summed E-state index contributed by atoms with van der Waals surface area (Å²) < 4.78 is 11.4. The molecule has 2 rings (SSSR count). The van der Waals surface area contributed by atoms with Gasteiger partial charge in [0.1, 0.15) is 12.2 Å². The van der Waals surface area contributed by atoms with E-state index in [1.807, 2.05) is 13.8 Å². The van der Waals surface area contributed by atoms with Crippen molar-refractivity contribution in [2.75, 3.05) is 13.2 Å². The van der Waals surface area contributed by atoms with Crippen molar-refractivity contribution < 1.29 is 24.2 Å². The molecule has 1 saturated heterocycles. The zero-order valence-electron chi connectivity index (χ0n) is 16.5. The first-order chi connectivity index (χ1) is 12.1. The molecular weight excluding hydrogens is 336 g/mol. The van der Waals surface area contributed by atoms with Gasteiger partial charge < -0.3 is 25.2 Å². The van der Waals surface area contributed by atoms with Crippen LogP contribution in [0.5, 0.6) is 0 Å². The Labute approximate surface area is 156 Å². The number of carbonyl (C=O) groups excluding carboxylic acids is 2. The van der Waals surface area contributed by atoms with Gasteiger partial charge in [-0.15, -0.1) is 0 Å². The maximum absolute atomic E-state index is 12.5. The highest BCUT2D eigenvalue weighted by atomic mass is 16.7. The van der Waals surface area contributed by atoms with Crippen LogP contribution in [0.4, 0.5) is 0 Å². The quantitative estimate of drug-likeness (QED) is 0.658. The highest BCUT2D eigenvalue weighted by Gasteiger charge is 2.45. The van der Waals surface area contributed by atoms with E-state index in [1.54, 1.807) is 13.8 Å². The van der Waals surface area contributed by atoms with E-state index < -0.39 is 23.4 Å². The predicted octanol–water partition coefficient (Wildman–Crippen LogP) is 1.48. The van der Waals surface area contributed by atoms with E-state index >= 15 is 0 Å². The van der Waals surface area contributed by atoms with Gasteiger partial charge in [-0.25, -0.2) is 0 Å². The molecule has 0 spiro atoms. The van der Waals surface area contributed by atoms with Crippen LogP contribution in [0.2, 0.25) is 0 Å². The molecule has 0 unspecified atom stereocenters. The summed E-state index contributed by atoms with van der Waals surface area (Å²) in [6.45, 7) is 8.03. The van der Waals surface area contributed by atoms with Crippen LogP contribution in [0.1, 0.15) is 66.2 Å². The van der Waals surface area contributed by atoms with Crippen LogP contribution in [-0.4, -0.2) is 54.1 Å². The molecule has 1 heterocycles. The minimum absolute atomic E-state index is 0.166. The summed E-state index contributed by atoms with van der Waals surface area (Å²) in [6, 6.07) is 0.166. The number of hydrogen-bond donors (Lipinski definition) is 3. The Morgan fingerprint density at radius 1 is 1.15 bits per heavy atom. The molecule has 2 fully saturated rings. The first-order valence-corrected chi connectivity index (χ1v) is 9.69. The third-order valence-electron chi connectivity index (χ3n) is 5.11. The second-order valence-electron chi connectivity index (χ2n) is 8.61. The summed E-state index contributed by atoms with van der Waals surface area (Å²) in [5.74, 6) is -1.40. The molecule has 0 radical (unpaired) electrons. The van der Waals surface area contributed by atoms with Gasteiger partial charge in [0, 0.05) is 18.0 Å². The number of aliphatic hydroxyl groups excluding tert-OH is 1. The van der Waals surface area contributed by atoms with Crippen LogP contribution in [0.3, 0.4) is 0 Å². The van der Waals surface area contributed by atoms with Gasteiger partial charge in [0.15, 0.2) is 5.79 Å². The van der Waals surface area contributed by atoms with Crippen LogP contribution >= 0.6 is 0 Å². The number of carbonyl (C=O) groups is 2. The molecule has 150 valence electrons. The normalized spacial score (nSPS) is 26.7. The molecular formula is C19H34N2O5. The Bertz CT molecular complexity index is 500. The third-order valence-corrected chi connectivity index (χ3v) is 5.11. The largest absolute Gasteiger partial charge is 0.383 e. The zero-order chi connectivity index (χ0) is 19.4. The molecule has 0 aromatic rings. The van der Waals surface area contributed by atoms with Crippen molar-refractivity contribution >= 4 is 11.8 Å². The molecule has 1 aliphatic carbocycles. The Kier molecular flexibility index (Phi) is 7.05. The first kappa shape index (κ1) is 21.1. The third kappa shape index (κ3) is 5.93. The predicted molar refractivity (Wildman–Crippen MR) is 97.3 cm³/mol. The van der Waals surface area contributed by atoms with Crippen molar-refractivity contribution in [2.24, 2.45) is 5.41 Å². The minimum Gasteiger partial charge on any atom is -0.383 e. The lowest BCUT2D eigenvalue weighted by Crippen LogP contribution is -2.56. The van der Waals surface area contributed by atoms with Crippen molar-refractivity contribution in [1.82, 2.24) is 10.6 Å². The molecule has 3 N–H and O–H groups in total. The second-order valence-corrected chi connectivity index (χ2v) is 8.61. The van der Waals surface area contributed by atoms with Crippen molar-refractivity contribution in [2.45, 2.75) is 90.3 Å². The van der Waals surface area contributed by atoms with Crippen molar-refractivity contribution in [3.8, 4) is 0 Å². The van der Waals surface area contributed by atoms with Gasteiger partial charge in [-0.1, -0.05) is 33.1 Å². The highest BCUT2D eigenvalue weighted by molar-refractivity contribution is 5.82. The number of aliphatic hydroxyl groups is 1. The zero-order valence-corrected chi connectivity index (χ0v) is 16.5. The minimum atomic E-state index is -1.11. The molecule has 2 aliphatic rings. The lowest BCUT2D eigenvalue weighted by Gasteiger charge is -2.44. The van der Waals surface area contributed by atoms with Crippen molar-refractivity contribution in [3.63, 3.8) is 0 Å². The number of amides is 2.